The second-order valence-electron chi connectivity index (χ2n) is 16.4. The molecule has 2 aromatic heterocycles. The van der Waals surface area contributed by atoms with E-state index in [1.807, 2.05) is 128 Å². The minimum atomic E-state index is -0.523. The standard InChI is InChI=1S/C54H42N12O5/c1-33-46(60-58-38-23-19-36(20-24-38)49-57-45(32-35-17-29-43(71-4)30-18-35)53(69)65(49)42-13-9-6-10-14-42)54(70)66-50(55-33)47(51(67)62-66)61-59-39-25-21-37(22-26-39)48-56-44(31-34-15-27-40(28-16-34)63(2)3)52(68)64(48)41-11-7-5-8-12-41/h5-32,70H,1-4H3,(H,62,67)/b44-31+,45-32+,60-58?,61-59?. The van der Waals surface area contributed by atoms with Crippen molar-refractivity contribution in [2.45, 2.75) is 6.92 Å². The van der Waals surface area contributed by atoms with E-state index in [-0.39, 0.29) is 40.2 Å². The van der Waals surface area contributed by atoms with Crippen LogP contribution in [0.1, 0.15) is 27.9 Å². The van der Waals surface area contributed by atoms with Gasteiger partial charge in [0, 0.05) is 30.9 Å². The Labute approximate surface area is 406 Å². The molecule has 0 spiro atoms. The highest BCUT2D eigenvalue weighted by Crippen LogP contribution is 2.39. The van der Waals surface area contributed by atoms with Crippen LogP contribution >= 0.6 is 0 Å². The second kappa shape index (κ2) is 19.0. The Morgan fingerprint density at radius 1 is 0.577 bits per heavy atom. The number of aromatic nitrogens is 3. The predicted octanol–water partition coefficient (Wildman–Crippen LogP) is 11.0. The number of amides is 2. The van der Waals surface area contributed by atoms with Crippen molar-refractivity contribution in [1.29, 1.82) is 0 Å². The number of aliphatic imine (C=N–C) groups is 2. The fourth-order valence-electron chi connectivity index (χ4n) is 7.83. The van der Waals surface area contributed by atoms with E-state index >= 15 is 0 Å². The Bertz CT molecular complexity index is 3530. The van der Waals surface area contributed by atoms with Gasteiger partial charge in [0.25, 0.3) is 17.7 Å². The maximum atomic E-state index is 13.9. The number of carbonyl (C=O) groups excluding carboxylic acids is 2. The second-order valence-corrected chi connectivity index (χ2v) is 16.4. The molecule has 0 fully saturated rings. The van der Waals surface area contributed by atoms with E-state index < -0.39 is 11.8 Å². The third-order valence-corrected chi connectivity index (χ3v) is 11.5. The van der Waals surface area contributed by atoms with E-state index in [0.717, 1.165) is 21.3 Å². The average molecular weight is 939 g/mol. The molecule has 10 rings (SSSR count). The Morgan fingerprint density at radius 3 is 1.51 bits per heavy atom. The number of aromatic hydroxyl groups is 2. The lowest BCUT2D eigenvalue weighted by molar-refractivity contribution is -0.114. The molecule has 2 aliphatic rings. The number of nitrogens with zero attached hydrogens (tertiary/aromatic N) is 12. The molecule has 8 aromatic rings. The number of amidine groups is 2. The van der Waals surface area contributed by atoms with Crippen molar-refractivity contribution in [2.24, 2.45) is 30.4 Å². The van der Waals surface area contributed by atoms with Crippen molar-refractivity contribution in [3.8, 4) is 17.5 Å². The summed E-state index contributed by atoms with van der Waals surface area (Å²) in [6, 6.07) is 47.7. The quantitative estimate of drug-likeness (QED) is 0.0890. The van der Waals surface area contributed by atoms with Crippen LogP contribution in [0.4, 0.5) is 39.8 Å². The molecule has 0 aliphatic carbocycles. The molecular formula is C54H42N12O5. The summed E-state index contributed by atoms with van der Waals surface area (Å²) in [5.74, 6) is 0.0856. The van der Waals surface area contributed by atoms with Crippen LogP contribution in [0, 0.1) is 6.92 Å². The van der Waals surface area contributed by atoms with Gasteiger partial charge in [0.1, 0.15) is 28.8 Å². The molecule has 6 aromatic carbocycles. The zero-order valence-corrected chi connectivity index (χ0v) is 38.7. The summed E-state index contributed by atoms with van der Waals surface area (Å²) in [5.41, 5.74) is 6.96. The topological polar surface area (TPSA) is 198 Å². The third-order valence-electron chi connectivity index (χ3n) is 11.5. The molecule has 2 N–H and O–H groups in total. The Hall–Kier alpha value is -9.90. The molecule has 71 heavy (non-hydrogen) atoms. The van der Waals surface area contributed by atoms with Crippen molar-refractivity contribution in [3.63, 3.8) is 0 Å². The number of benzene rings is 6. The van der Waals surface area contributed by atoms with Crippen LogP contribution in [0.25, 0.3) is 17.8 Å². The van der Waals surface area contributed by atoms with Crippen molar-refractivity contribution >= 4 is 81.1 Å². The molecule has 0 bridgehead atoms. The van der Waals surface area contributed by atoms with Gasteiger partial charge >= 0.3 is 0 Å². The van der Waals surface area contributed by atoms with E-state index in [2.05, 4.69) is 30.5 Å². The lowest BCUT2D eigenvalue weighted by atomic mass is 10.1. The summed E-state index contributed by atoms with van der Waals surface area (Å²) < 4.78 is 6.29. The minimum absolute atomic E-state index is 0.00979. The number of methoxy groups -OCH3 is 1. The molecular weight excluding hydrogens is 897 g/mol. The van der Waals surface area contributed by atoms with Crippen molar-refractivity contribution < 1.29 is 24.5 Å². The van der Waals surface area contributed by atoms with Crippen LogP contribution in [0.3, 0.4) is 0 Å². The molecule has 17 heteroatoms. The monoisotopic (exact) mass is 938 g/mol. The van der Waals surface area contributed by atoms with Crippen LogP contribution in [0.2, 0.25) is 0 Å². The number of rotatable bonds is 12. The molecule has 348 valence electrons. The normalized spacial score (nSPS) is 15.0. The number of anilines is 3. The Kier molecular flexibility index (Phi) is 12.0. The number of fused-ring (bicyclic) bond motifs is 1. The number of azo groups is 2. The Balaban J connectivity index is 0.878. The van der Waals surface area contributed by atoms with Crippen molar-refractivity contribution in [2.75, 3.05) is 35.9 Å². The van der Waals surface area contributed by atoms with Gasteiger partial charge in [-0.15, -0.1) is 15.3 Å². The van der Waals surface area contributed by atoms with Crippen molar-refractivity contribution in [3.05, 3.63) is 197 Å². The zero-order valence-electron chi connectivity index (χ0n) is 38.7. The summed E-state index contributed by atoms with van der Waals surface area (Å²) in [6.07, 6.45) is 3.50. The number of aryl methyl sites for hydroxylation is 1. The van der Waals surface area contributed by atoms with Gasteiger partial charge in [-0.2, -0.15) is 14.7 Å². The van der Waals surface area contributed by atoms with Gasteiger partial charge in [-0.25, -0.2) is 15.0 Å². The first kappa shape index (κ1) is 44.9. The lowest BCUT2D eigenvalue weighted by Gasteiger charge is -2.18. The number of para-hydroxylation sites is 2. The largest absolute Gasteiger partial charge is 0.497 e. The van der Waals surface area contributed by atoms with Gasteiger partial charge < -0.3 is 19.8 Å². The third kappa shape index (κ3) is 9.00. The minimum Gasteiger partial charge on any atom is -0.497 e. The average Bonchev–Trinajstić information content (AvgIpc) is 4.02. The van der Waals surface area contributed by atoms with Gasteiger partial charge in [-0.05, 0) is 127 Å². The first-order valence-corrected chi connectivity index (χ1v) is 22.2. The molecule has 2 aliphatic heterocycles. The van der Waals surface area contributed by atoms with E-state index in [1.54, 1.807) is 84.5 Å². The van der Waals surface area contributed by atoms with Crippen LogP contribution in [0.5, 0.6) is 17.5 Å². The number of hydrogen-bond acceptors (Lipinski definition) is 14. The van der Waals surface area contributed by atoms with Crippen LogP contribution in [0.15, 0.2) is 200 Å². The molecule has 0 saturated carbocycles. The van der Waals surface area contributed by atoms with E-state index in [9.17, 15) is 19.8 Å². The van der Waals surface area contributed by atoms with Gasteiger partial charge in [0.05, 0.1) is 35.6 Å². The molecule has 0 atom stereocenters. The summed E-state index contributed by atoms with van der Waals surface area (Å²) in [5, 5.41) is 43.5. The van der Waals surface area contributed by atoms with E-state index in [0.29, 0.717) is 57.0 Å². The predicted molar refractivity (Wildman–Crippen MR) is 273 cm³/mol. The maximum absolute atomic E-state index is 13.9. The van der Waals surface area contributed by atoms with Gasteiger partial charge in [0.15, 0.2) is 17.0 Å². The SMILES string of the molecule is COc1ccc(/C=C2/N=C(c3ccc(N=Nc4c(C)nc5c(N=Nc6ccc(C7=N/C(=C/c8ccc(N(C)C)cc8)C(=O)N7c7ccccc7)cc6)c(O)nn5c4O)cc3)N(c3ccccc3)C2=O)cc1. The van der Waals surface area contributed by atoms with Gasteiger partial charge in [-0.1, -0.05) is 60.7 Å². The fraction of sp³-hybridized carbons (Fsp3) is 0.0741. The summed E-state index contributed by atoms with van der Waals surface area (Å²) in [4.78, 5) is 46.9. The lowest BCUT2D eigenvalue weighted by Crippen LogP contribution is -2.32. The highest BCUT2D eigenvalue weighted by Gasteiger charge is 2.34. The zero-order chi connectivity index (χ0) is 49.2. The first-order chi connectivity index (χ1) is 34.5. The Morgan fingerprint density at radius 2 is 1.04 bits per heavy atom. The van der Waals surface area contributed by atoms with Gasteiger partial charge in [0.2, 0.25) is 5.88 Å². The smallest absolute Gasteiger partial charge is 0.282 e. The summed E-state index contributed by atoms with van der Waals surface area (Å²) in [6.45, 7) is 1.63. The van der Waals surface area contributed by atoms with E-state index in [1.165, 1.54) is 0 Å². The summed E-state index contributed by atoms with van der Waals surface area (Å²) in [7, 11) is 5.53. The molecule has 0 saturated heterocycles. The van der Waals surface area contributed by atoms with Gasteiger partial charge in [-0.3, -0.25) is 19.4 Å². The molecule has 0 radical (unpaired) electrons. The van der Waals surface area contributed by atoms with Crippen LogP contribution < -0.4 is 19.4 Å². The number of ether oxygens (including phenoxy) is 1. The number of carbonyl (C=O) groups is 2. The number of hydrogen-bond donors (Lipinski definition) is 2. The van der Waals surface area contributed by atoms with Crippen LogP contribution in [-0.4, -0.2) is 69.5 Å². The summed E-state index contributed by atoms with van der Waals surface area (Å²) >= 11 is 0. The molecule has 4 heterocycles. The highest BCUT2D eigenvalue weighted by molar-refractivity contribution is 6.34. The molecule has 17 nitrogen and oxygen atoms in total. The molecule has 0 unspecified atom stereocenters. The van der Waals surface area contributed by atoms with E-state index in [4.69, 9.17) is 14.7 Å². The van der Waals surface area contributed by atoms with Crippen LogP contribution in [-0.2, 0) is 9.59 Å². The first-order valence-electron chi connectivity index (χ1n) is 22.2. The van der Waals surface area contributed by atoms with Crippen molar-refractivity contribution in [1.82, 2.24) is 14.6 Å². The molecule has 2 amide bonds. The fourth-order valence-corrected chi connectivity index (χ4v) is 7.83. The maximum Gasteiger partial charge on any atom is 0.282 e. The highest BCUT2D eigenvalue weighted by atomic mass is 16.5.